The fourth-order valence-corrected chi connectivity index (χ4v) is 3.44. The number of aromatic nitrogens is 3. The third-order valence-corrected chi connectivity index (χ3v) is 5.18. The number of fused-ring (bicyclic) bond motifs is 1. The standard InChI is InChI=1S/C16H27N7O2S/c1-4-17-16(18-10-8-11-22(5-2)26(3,24)25)19-13-15-21-20-14-9-6-7-12-23(14)15/h6-7,9,12H,4-5,8,10-11,13H2,1-3H3,(H2,17,18,19). The maximum absolute atomic E-state index is 11.6. The first-order chi connectivity index (χ1) is 12.5. The third kappa shape index (κ3) is 5.67. The van der Waals surface area contributed by atoms with Crippen LogP contribution in [0.1, 0.15) is 26.1 Å². The molecule has 0 spiro atoms. The smallest absolute Gasteiger partial charge is 0.211 e. The highest BCUT2D eigenvalue weighted by Gasteiger charge is 2.13. The first-order valence-electron chi connectivity index (χ1n) is 8.71. The van der Waals surface area contributed by atoms with Crippen molar-refractivity contribution in [2.75, 3.05) is 32.4 Å². The number of nitrogens with zero attached hydrogens (tertiary/aromatic N) is 5. The molecule has 0 radical (unpaired) electrons. The molecule has 0 saturated heterocycles. The minimum Gasteiger partial charge on any atom is -0.357 e. The topological polar surface area (TPSA) is 104 Å². The molecule has 0 aliphatic heterocycles. The third-order valence-electron chi connectivity index (χ3n) is 3.81. The summed E-state index contributed by atoms with van der Waals surface area (Å²) in [7, 11) is -3.14. The van der Waals surface area contributed by atoms with E-state index < -0.39 is 10.0 Å². The number of guanidine groups is 1. The molecule has 0 atom stereocenters. The van der Waals surface area contributed by atoms with Crippen molar-refractivity contribution in [2.45, 2.75) is 26.8 Å². The summed E-state index contributed by atoms with van der Waals surface area (Å²) >= 11 is 0. The Bertz CT molecular complexity index is 832. The lowest BCUT2D eigenvalue weighted by Crippen LogP contribution is -2.39. The minimum absolute atomic E-state index is 0.394. The first kappa shape index (κ1) is 20.1. The van der Waals surface area contributed by atoms with Crippen molar-refractivity contribution in [3.05, 3.63) is 30.2 Å². The fourth-order valence-electron chi connectivity index (χ4n) is 2.51. The van der Waals surface area contributed by atoms with Gasteiger partial charge in [-0.25, -0.2) is 17.7 Å². The summed E-state index contributed by atoms with van der Waals surface area (Å²) in [5, 5.41) is 14.7. The van der Waals surface area contributed by atoms with Crippen LogP contribution in [0.15, 0.2) is 29.4 Å². The Morgan fingerprint density at radius 3 is 2.77 bits per heavy atom. The van der Waals surface area contributed by atoms with E-state index in [9.17, 15) is 8.42 Å². The Morgan fingerprint density at radius 1 is 1.27 bits per heavy atom. The molecule has 0 aliphatic carbocycles. The largest absolute Gasteiger partial charge is 0.357 e. The van der Waals surface area contributed by atoms with Gasteiger partial charge in [-0.05, 0) is 25.5 Å². The molecule has 26 heavy (non-hydrogen) atoms. The van der Waals surface area contributed by atoms with E-state index in [4.69, 9.17) is 0 Å². The molecule has 0 fully saturated rings. The van der Waals surface area contributed by atoms with E-state index in [1.165, 1.54) is 10.6 Å². The molecule has 0 bridgehead atoms. The molecular weight excluding hydrogens is 354 g/mol. The SMILES string of the molecule is CCNC(=NCc1nnc2ccccn12)NCCCN(CC)S(C)(=O)=O. The average Bonchev–Trinajstić information content (AvgIpc) is 3.01. The molecule has 2 aromatic heterocycles. The maximum Gasteiger partial charge on any atom is 0.211 e. The van der Waals surface area contributed by atoms with Crippen LogP contribution in [0.25, 0.3) is 5.65 Å². The molecule has 0 amide bonds. The van der Waals surface area contributed by atoms with E-state index in [0.29, 0.717) is 38.6 Å². The molecule has 0 unspecified atom stereocenters. The maximum atomic E-state index is 11.6. The van der Waals surface area contributed by atoms with Crippen LogP contribution in [-0.2, 0) is 16.6 Å². The van der Waals surface area contributed by atoms with E-state index in [1.54, 1.807) is 0 Å². The summed E-state index contributed by atoms with van der Waals surface area (Å²) in [6, 6.07) is 5.73. The summed E-state index contributed by atoms with van der Waals surface area (Å²) < 4.78 is 26.5. The van der Waals surface area contributed by atoms with Crippen molar-refractivity contribution in [3.63, 3.8) is 0 Å². The van der Waals surface area contributed by atoms with Gasteiger partial charge in [-0.2, -0.15) is 0 Å². The van der Waals surface area contributed by atoms with Gasteiger partial charge in [0, 0.05) is 32.4 Å². The van der Waals surface area contributed by atoms with Crippen LogP contribution in [0, 0.1) is 0 Å². The molecule has 2 heterocycles. The Morgan fingerprint density at radius 2 is 2.08 bits per heavy atom. The van der Waals surface area contributed by atoms with Crippen molar-refractivity contribution >= 4 is 21.6 Å². The second-order valence-corrected chi connectivity index (χ2v) is 7.76. The highest BCUT2D eigenvalue weighted by molar-refractivity contribution is 7.88. The number of nitrogens with one attached hydrogen (secondary N) is 2. The second kappa shape index (κ2) is 9.48. The molecule has 2 aromatic rings. The van der Waals surface area contributed by atoms with Gasteiger partial charge in [0.05, 0.1) is 6.26 Å². The van der Waals surface area contributed by atoms with Crippen LogP contribution in [-0.4, -0.2) is 65.7 Å². The average molecular weight is 382 g/mol. The van der Waals surface area contributed by atoms with Gasteiger partial charge in [-0.1, -0.05) is 13.0 Å². The number of rotatable bonds is 9. The van der Waals surface area contributed by atoms with Crippen molar-refractivity contribution in [1.29, 1.82) is 0 Å². The zero-order valence-corrected chi connectivity index (χ0v) is 16.3. The van der Waals surface area contributed by atoms with Crippen LogP contribution in [0.4, 0.5) is 0 Å². The van der Waals surface area contributed by atoms with E-state index in [1.807, 2.05) is 42.6 Å². The van der Waals surface area contributed by atoms with Gasteiger partial charge in [-0.3, -0.25) is 4.40 Å². The summed E-state index contributed by atoms with van der Waals surface area (Å²) in [6.07, 6.45) is 3.84. The number of aliphatic imine (C=N–C) groups is 1. The highest BCUT2D eigenvalue weighted by atomic mass is 32.2. The van der Waals surface area contributed by atoms with Crippen LogP contribution >= 0.6 is 0 Å². The van der Waals surface area contributed by atoms with Gasteiger partial charge < -0.3 is 10.6 Å². The molecule has 0 aliphatic rings. The number of pyridine rings is 1. The monoisotopic (exact) mass is 381 g/mol. The summed E-state index contributed by atoms with van der Waals surface area (Å²) in [5.74, 6) is 1.43. The lowest BCUT2D eigenvalue weighted by Gasteiger charge is -2.18. The molecule has 10 heteroatoms. The molecule has 0 saturated carbocycles. The first-order valence-corrected chi connectivity index (χ1v) is 10.6. The van der Waals surface area contributed by atoms with Crippen molar-refractivity contribution in [2.24, 2.45) is 4.99 Å². The van der Waals surface area contributed by atoms with Crippen LogP contribution in [0.5, 0.6) is 0 Å². The summed E-state index contributed by atoms with van der Waals surface area (Å²) in [4.78, 5) is 4.53. The van der Waals surface area contributed by atoms with Gasteiger partial charge in [0.25, 0.3) is 0 Å². The number of sulfonamides is 1. The van der Waals surface area contributed by atoms with Crippen LogP contribution < -0.4 is 10.6 Å². The van der Waals surface area contributed by atoms with E-state index >= 15 is 0 Å². The van der Waals surface area contributed by atoms with Gasteiger partial charge in [0.1, 0.15) is 6.54 Å². The molecule has 144 valence electrons. The van der Waals surface area contributed by atoms with Gasteiger partial charge in [0.2, 0.25) is 10.0 Å². The van der Waals surface area contributed by atoms with Crippen molar-refractivity contribution < 1.29 is 8.42 Å². The zero-order valence-electron chi connectivity index (χ0n) is 15.5. The van der Waals surface area contributed by atoms with Gasteiger partial charge in [-0.15, -0.1) is 10.2 Å². The lowest BCUT2D eigenvalue weighted by molar-refractivity contribution is 0.424. The number of hydrogen-bond acceptors (Lipinski definition) is 5. The van der Waals surface area contributed by atoms with Gasteiger partial charge in [0.15, 0.2) is 17.4 Å². The molecule has 2 N–H and O–H groups in total. The Hall–Kier alpha value is -2.20. The second-order valence-electron chi connectivity index (χ2n) is 5.78. The van der Waals surface area contributed by atoms with E-state index in [0.717, 1.165) is 18.0 Å². The number of hydrogen-bond donors (Lipinski definition) is 2. The predicted molar refractivity (Wildman–Crippen MR) is 103 cm³/mol. The molecule has 2 rings (SSSR count). The quantitative estimate of drug-likeness (QED) is 0.371. The zero-order chi connectivity index (χ0) is 19.0. The van der Waals surface area contributed by atoms with Crippen LogP contribution in [0.3, 0.4) is 0 Å². The molecule has 9 nitrogen and oxygen atoms in total. The van der Waals surface area contributed by atoms with Crippen molar-refractivity contribution in [3.8, 4) is 0 Å². The van der Waals surface area contributed by atoms with Gasteiger partial charge >= 0.3 is 0 Å². The minimum atomic E-state index is -3.14. The predicted octanol–water partition coefficient (Wildman–Crippen LogP) is 0.456. The normalized spacial score (nSPS) is 12.7. The Kier molecular flexibility index (Phi) is 7.34. The Labute approximate surface area is 154 Å². The van der Waals surface area contributed by atoms with E-state index in [-0.39, 0.29) is 0 Å². The molecular formula is C16H27N7O2S. The summed E-state index contributed by atoms with van der Waals surface area (Å²) in [5.41, 5.74) is 0.788. The highest BCUT2D eigenvalue weighted by Crippen LogP contribution is 2.03. The Balaban J connectivity index is 1.90. The van der Waals surface area contributed by atoms with Crippen LogP contribution in [0.2, 0.25) is 0 Å². The fraction of sp³-hybridized carbons (Fsp3) is 0.562. The lowest BCUT2D eigenvalue weighted by atomic mass is 10.4. The molecule has 0 aromatic carbocycles. The van der Waals surface area contributed by atoms with Crippen molar-refractivity contribution in [1.82, 2.24) is 29.5 Å². The summed E-state index contributed by atoms with van der Waals surface area (Å²) in [6.45, 7) is 6.54. The van der Waals surface area contributed by atoms with E-state index in [2.05, 4.69) is 25.8 Å².